The van der Waals surface area contributed by atoms with E-state index in [2.05, 4.69) is 9.80 Å². The maximum atomic E-state index is 12.8. The minimum Gasteiger partial charge on any atom is -0.490 e. The fraction of sp³-hybridized carbons (Fsp3) is 0.500. The van der Waals surface area contributed by atoms with Crippen molar-refractivity contribution in [1.82, 2.24) is 9.80 Å². The molecule has 9 nitrogen and oxygen atoms in total. The molecule has 2 heterocycles. The predicted molar refractivity (Wildman–Crippen MR) is 139 cm³/mol. The summed E-state index contributed by atoms with van der Waals surface area (Å²) in [7, 11) is 0. The molecule has 1 amide bonds. The van der Waals surface area contributed by atoms with Gasteiger partial charge in [0.05, 0.1) is 11.5 Å². The van der Waals surface area contributed by atoms with Gasteiger partial charge in [-0.1, -0.05) is 11.6 Å². The summed E-state index contributed by atoms with van der Waals surface area (Å²) in [5.74, 6) is 0.940. The van der Waals surface area contributed by atoms with Crippen LogP contribution in [0.25, 0.3) is 0 Å². The molecule has 10 heteroatoms. The van der Waals surface area contributed by atoms with Crippen molar-refractivity contribution in [1.29, 1.82) is 0 Å². The molecule has 2 fully saturated rings. The number of carbonyl (C=O) groups is 1. The molecule has 0 saturated carbocycles. The molecule has 2 aromatic carbocycles. The summed E-state index contributed by atoms with van der Waals surface area (Å²) < 4.78 is 11.5. The zero-order valence-corrected chi connectivity index (χ0v) is 21.4. The maximum absolute atomic E-state index is 12.8. The van der Waals surface area contributed by atoms with Gasteiger partial charge < -0.3 is 19.3 Å². The predicted octanol–water partition coefficient (Wildman–Crippen LogP) is 4.23. The summed E-state index contributed by atoms with van der Waals surface area (Å²) in [6, 6.07) is 12.5. The van der Waals surface area contributed by atoms with Gasteiger partial charge in [0.1, 0.15) is 11.9 Å². The van der Waals surface area contributed by atoms with Crippen LogP contribution in [0.3, 0.4) is 0 Å². The summed E-state index contributed by atoms with van der Waals surface area (Å²) in [6.07, 6.45) is 1.94. The number of rotatable bonds is 9. The lowest BCUT2D eigenvalue weighted by Gasteiger charge is -2.37. The number of benzene rings is 2. The smallest absolute Gasteiger partial charge is 0.311 e. The quantitative estimate of drug-likeness (QED) is 0.364. The van der Waals surface area contributed by atoms with Crippen LogP contribution >= 0.6 is 11.6 Å². The van der Waals surface area contributed by atoms with Gasteiger partial charge in [0, 0.05) is 87.9 Å². The summed E-state index contributed by atoms with van der Waals surface area (Å²) >= 11 is 5.99. The van der Waals surface area contributed by atoms with Crippen LogP contribution in [0.2, 0.25) is 5.02 Å². The average Bonchev–Trinajstić information content (AvgIpc) is 2.89. The van der Waals surface area contributed by atoms with E-state index in [0.29, 0.717) is 31.9 Å². The second kappa shape index (κ2) is 12.3. The van der Waals surface area contributed by atoms with Crippen molar-refractivity contribution >= 4 is 28.9 Å². The van der Waals surface area contributed by atoms with Crippen molar-refractivity contribution in [3.05, 3.63) is 57.6 Å². The van der Waals surface area contributed by atoms with Gasteiger partial charge in [-0.25, -0.2) is 0 Å². The van der Waals surface area contributed by atoms with Gasteiger partial charge in [-0.05, 0) is 37.3 Å². The average molecular weight is 517 g/mol. The molecule has 0 aromatic heterocycles. The summed E-state index contributed by atoms with van der Waals surface area (Å²) in [5.41, 5.74) is 1.11. The van der Waals surface area contributed by atoms with Crippen LogP contribution in [0.15, 0.2) is 42.5 Å². The highest BCUT2D eigenvalue weighted by atomic mass is 35.5. The first-order chi connectivity index (χ1) is 17.4. The molecular weight excluding hydrogens is 484 g/mol. The zero-order valence-electron chi connectivity index (χ0n) is 20.6. The highest BCUT2D eigenvalue weighted by Gasteiger charge is 2.26. The van der Waals surface area contributed by atoms with E-state index >= 15 is 0 Å². The summed E-state index contributed by atoms with van der Waals surface area (Å²) in [4.78, 5) is 30.1. The number of halogens is 1. The van der Waals surface area contributed by atoms with Crippen LogP contribution < -0.4 is 14.4 Å². The van der Waals surface area contributed by atoms with Gasteiger partial charge in [-0.3, -0.25) is 19.8 Å². The number of hydrogen-bond acceptors (Lipinski definition) is 7. The standard InChI is InChI=1S/C26H33ClN4O5/c1-2-35-25-19-23(7-8-24(25)31(33)34)36-22-9-13-30(14-10-22)26(32)11-12-28-15-17-29(18-16-28)21-5-3-20(27)4-6-21/h3-8,19,22H,2,9-18H2,1H3. The Hall–Kier alpha value is -3.04. The SMILES string of the molecule is CCOc1cc(OC2CCN(C(=O)CCN3CCN(c4ccc(Cl)cc4)CC3)CC2)ccc1[N+](=O)[O-]. The molecule has 194 valence electrons. The Bertz CT molecular complexity index is 1040. The Labute approximate surface area is 216 Å². The van der Waals surface area contributed by atoms with Crippen LogP contribution in [-0.4, -0.2) is 79.2 Å². The first kappa shape index (κ1) is 26.0. The molecule has 0 bridgehead atoms. The van der Waals surface area contributed by atoms with Crippen molar-refractivity contribution in [3.63, 3.8) is 0 Å². The van der Waals surface area contributed by atoms with Gasteiger partial charge in [-0.2, -0.15) is 0 Å². The summed E-state index contributed by atoms with van der Waals surface area (Å²) in [5, 5.41) is 11.9. The van der Waals surface area contributed by atoms with E-state index in [1.807, 2.05) is 29.2 Å². The van der Waals surface area contributed by atoms with E-state index in [0.717, 1.165) is 50.6 Å². The third-order valence-corrected chi connectivity index (χ3v) is 6.98. The number of hydrogen-bond donors (Lipinski definition) is 0. The molecule has 2 aromatic rings. The van der Waals surface area contributed by atoms with Crippen molar-refractivity contribution in [2.45, 2.75) is 32.3 Å². The second-order valence-corrected chi connectivity index (χ2v) is 9.51. The number of likely N-dealkylation sites (tertiary alicyclic amines) is 1. The van der Waals surface area contributed by atoms with E-state index in [-0.39, 0.29) is 23.4 Å². The molecule has 2 aliphatic rings. The van der Waals surface area contributed by atoms with Gasteiger partial charge in [0.25, 0.3) is 0 Å². The van der Waals surface area contributed by atoms with Crippen LogP contribution in [0.5, 0.6) is 11.5 Å². The third kappa shape index (κ3) is 6.79. The van der Waals surface area contributed by atoms with E-state index in [1.54, 1.807) is 19.1 Å². The zero-order chi connectivity index (χ0) is 25.5. The van der Waals surface area contributed by atoms with Crippen LogP contribution in [0.4, 0.5) is 11.4 Å². The molecule has 0 radical (unpaired) electrons. The molecule has 36 heavy (non-hydrogen) atoms. The Kier molecular flexibility index (Phi) is 8.88. The monoisotopic (exact) mass is 516 g/mol. The van der Waals surface area contributed by atoms with E-state index in [1.165, 1.54) is 11.8 Å². The molecule has 0 spiro atoms. The molecule has 4 rings (SSSR count). The molecule has 2 aliphatic heterocycles. The second-order valence-electron chi connectivity index (χ2n) is 9.07. The molecule has 0 atom stereocenters. The Morgan fingerprint density at radius 3 is 2.39 bits per heavy atom. The van der Waals surface area contributed by atoms with Gasteiger partial charge in [-0.15, -0.1) is 0 Å². The number of carbonyl (C=O) groups excluding carboxylic acids is 1. The number of piperazine rings is 1. The topological polar surface area (TPSA) is 88.4 Å². The highest BCUT2D eigenvalue weighted by molar-refractivity contribution is 6.30. The molecule has 0 N–H and O–H groups in total. The fourth-order valence-electron chi connectivity index (χ4n) is 4.70. The number of nitrogens with zero attached hydrogens (tertiary/aromatic N) is 4. The lowest BCUT2D eigenvalue weighted by Crippen LogP contribution is -2.48. The van der Waals surface area contributed by atoms with Crippen LogP contribution in [0, 0.1) is 10.1 Å². The molecule has 0 aliphatic carbocycles. The van der Waals surface area contributed by atoms with E-state index in [9.17, 15) is 14.9 Å². The van der Waals surface area contributed by atoms with Crippen LogP contribution in [0.1, 0.15) is 26.2 Å². The first-order valence-electron chi connectivity index (χ1n) is 12.5. The van der Waals surface area contributed by atoms with Crippen molar-refractivity contribution < 1.29 is 19.2 Å². The Balaban J connectivity index is 1.18. The van der Waals surface area contributed by atoms with E-state index < -0.39 is 4.92 Å². The van der Waals surface area contributed by atoms with Gasteiger partial charge in [0.2, 0.25) is 11.7 Å². The number of ether oxygens (including phenoxy) is 2. The number of amides is 1. The minimum atomic E-state index is -0.460. The molecule has 0 unspecified atom stereocenters. The molecule has 2 saturated heterocycles. The fourth-order valence-corrected chi connectivity index (χ4v) is 4.82. The Morgan fingerprint density at radius 2 is 1.75 bits per heavy atom. The number of piperidine rings is 1. The van der Waals surface area contributed by atoms with Crippen LogP contribution in [-0.2, 0) is 4.79 Å². The third-order valence-electron chi connectivity index (χ3n) is 6.73. The normalized spacial score (nSPS) is 17.2. The maximum Gasteiger partial charge on any atom is 0.311 e. The number of nitro benzene ring substituents is 1. The minimum absolute atomic E-state index is 0.0362. The number of nitro groups is 1. The first-order valence-corrected chi connectivity index (χ1v) is 12.9. The lowest BCUT2D eigenvalue weighted by molar-refractivity contribution is -0.385. The highest BCUT2D eigenvalue weighted by Crippen LogP contribution is 2.32. The van der Waals surface area contributed by atoms with Crippen molar-refractivity contribution in [2.24, 2.45) is 0 Å². The van der Waals surface area contributed by atoms with Gasteiger partial charge >= 0.3 is 5.69 Å². The Morgan fingerprint density at radius 1 is 1.06 bits per heavy atom. The lowest BCUT2D eigenvalue weighted by atomic mass is 10.1. The summed E-state index contributed by atoms with van der Waals surface area (Å²) in [6.45, 7) is 7.94. The van der Waals surface area contributed by atoms with Crippen molar-refractivity contribution in [2.75, 3.05) is 57.3 Å². The van der Waals surface area contributed by atoms with Gasteiger partial charge in [0.15, 0.2) is 0 Å². The van der Waals surface area contributed by atoms with Crippen molar-refractivity contribution in [3.8, 4) is 11.5 Å². The number of anilines is 1. The molecular formula is C26H33ClN4O5. The van der Waals surface area contributed by atoms with E-state index in [4.69, 9.17) is 21.1 Å². The largest absolute Gasteiger partial charge is 0.490 e.